The highest BCUT2D eigenvalue weighted by atomic mass is 16.2. The van der Waals surface area contributed by atoms with Gasteiger partial charge >= 0.3 is 0 Å². The lowest BCUT2D eigenvalue weighted by Gasteiger charge is -2.25. The van der Waals surface area contributed by atoms with Crippen LogP contribution in [0.5, 0.6) is 0 Å². The normalized spacial score (nSPS) is 13.2. The monoisotopic (exact) mass is 340 g/mol. The molecule has 1 aliphatic heterocycles. The van der Waals surface area contributed by atoms with E-state index < -0.39 is 0 Å². The fourth-order valence-corrected chi connectivity index (χ4v) is 3.07. The molecule has 0 aliphatic carbocycles. The van der Waals surface area contributed by atoms with Crippen LogP contribution >= 0.6 is 0 Å². The Morgan fingerprint density at radius 1 is 1.32 bits per heavy atom. The predicted molar refractivity (Wildman–Crippen MR) is 94.7 cm³/mol. The molecule has 2 aromatic rings. The molecule has 0 fully saturated rings. The van der Waals surface area contributed by atoms with Crippen molar-refractivity contribution in [2.24, 2.45) is 7.05 Å². The Morgan fingerprint density at radius 2 is 2.12 bits per heavy atom. The Kier molecular flexibility index (Phi) is 5.16. The first-order valence-electron chi connectivity index (χ1n) is 8.71. The molecule has 1 aliphatic rings. The van der Waals surface area contributed by atoms with Crippen LogP contribution in [-0.4, -0.2) is 44.3 Å². The van der Waals surface area contributed by atoms with Gasteiger partial charge in [0.2, 0.25) is 5.91 Å². The molecule has 6 nitrogen and oxygen atoms in total. The number of aromatic nitrogens is 2. The Bertz CT molecular complexity index is 768. The van der Waals surface area contributed by atoms with E-state index in [4.69, 9.17) is 0 Å². The van der Waals surface area contributed by atoms with Crippen LogP contribution in [0.2, 0.25) is 0 Å². The second-order valence-corrected chi connectivity index (χ2v) is 6.44. The molecule has 132 valence electrons. The number of fused-ring (bicyclic) bond motifs is 1. The third-order valence-corrected chi connectivity index (χ3v) is 4.61. The molecule has 0 spiro atoms. The number of hydrogen-bond donors (Lipinski definition) is 0. The number of benzene rings is 1. The average molecular weight is 340 g/mol. The fraction of sp³-hybridized carbons (Fsp3) is 0.421. The molecule has 0 saturated heterocycles. The molecule has 0 bridgehead atoms. The van der Waals surface area contributed by atoms with E-state index in [9.17, 15) is 9.59 Å². The number of nitrogens with zero attached hydrogens (tertiary/aromatic N) is 4. The van der Waals surface area contributed by atoms with Gasteiger partial charge in [0.05, 0.1) is 6.54 Å². The maximum Gasteiger partial charge on any atom is 0.254 e. The van der Waals surface area contributed by atoms with Crippen LogP contribution in [0.25, 0.3) is 0 Å². The summed E-state index contributed by atoms with van der Waals surface area (Å²) in [6.07, 6.45) is 5.56. The average Bonchev–Trinajstić information content (AvgIpc) is 3.15. The third-order valence-electron chi connectivity index (χ3n) is 4.61. The SMILES string of the molecule is CCCCN(Cc1nccn1C)C(=O)CN1Cc2ccccc2C1=O. The number of unbranched alkanes of at least 4 members (excludes halogenated alkanes) is 1. The topological polar surface area (TPSA) is 58.4 Å². The summed E-state index contributed by atoms with van der Waals surface area (Å²) in [4.78, 5) is 33.1. The number of carbonyl (C=O) groups is 2. The van der Waals surface area contributed by atoms with E-state index in [1.54, 1.807) is 11.1 Å². The van der Waals surface area contributed by atoms with E-state index in [2.05, 4.69) is 11.9 Å². The first kappa shape index (κ1) is 17.2. The minimum Gasteiger partial charge on any atom is -0.337 e. The number of hydrogen-bond acceptors (Lipinski definition) is 3. The van der Waals surface area contributed by atoms with Gasteiger partial charge in [-0.1, -0.05) is 31.5 Å². The first-order chi connectivity index (χ1) is 12.1. The molecular weight excluding hydrogens is 316 g/mol. The Balaban J connectivity index is 1.68. The van der Waals surface area contributed by atoms with Crippen molar-refractivity contribution in [2.75, 3.05) is 13.1 Å². The zero-order chi connectivity index (χ0) is 17.8. The van der Waals surface area contributed by atoms with Crippen LogP contribution < -0.4 is 0 Å². The molecule has 2 heterocycles. The highest BCUT2D eigenvalue weighted by Crippen LogP contribution is 2.22. The van der Waals surface area contributed by atoms with Gasteiger partial charge in [-0.15, -0.1) is 0 Å². The van der Waals surface area contributed by atoms with E-state index in [0.717, 1.165) is 24.2 Å². The van der Waals surface area contributed by atoms with Crippen LogP contribution in [-0.2, 0) is 24.9 Å². The lowest BCUT2D eigenvalue weighted by molar-refractivity contribution is -0.132. The summed E-state index contributed by atoms with van der Waals surface area (Å²) in [6.45, 7) is 3.87. The van der Waals surface area contributed by atoms with Gasteiger partial charge in [-0.2, -0.15) is 0 Å². The number of amides is 2. The summed E-state index contributed by atoms with van der Waals surface area (Å²) in [5, 5.41) is 0. The minimum absolute atomic E-state index is 0.0300. The quantitative estimate of drug-likeness (QED) is 0.776. The van der Waals surface area contributed by atoms with Gasteiger partial charge in [0.15, 0.2) is 0 Å². The van der Waals surface area contributed by atoms with Crippen molar-refractivity contribution >= 4 is 11.8 Å². The molecule has 2 amide bonds. The van der Waals surface area contributed by atoms with Crippen molar-refractivity contribution in [3.63, 3.8) is 0 Å². The molecule has 3 rings (SSSR count). The van der Waals surface area contributed by atoms with Crippen LogP contribution in [0.1, 0.15) is 41.5 Å². The summed E-state index contributed by atoms with van der Waals surface area (Å²) in [6, 6.07) is 7.55. The van der Waals surface area contributed by atoms with Gasteiger partial charge in [-0.25, -0.2) is 4.98 Å². The number of aryl methyl sites for hydroxylation is 1. The Labute approximate surface area is 148 Å². The second-order valence-electron chi connectivity index (χ2n) is 6.44. The van der Waals surface area contributed by atoms with Crippen LogP contribution in [0.4, 0.5) is 0 Å². The molecule has 0 N–H and O–H groups in total. The molecule has 0 radical (unpaired) electrons. The summed E-state index contributed by atoms with van der Waals surface area (Å²) in [5.74, 6) is 0.759. The van der Waals surface area contributed by atoms with Crippen molar-refractivity contribution in [1.29, 1.82) is 0 Å². The third kappa shape index (κ3) is 3.73. The van der Waals surface area contributed by atoms with Gasteiger partial charge in [-0.05, 0) is 18.1 Å². The smallest absolute Gasteiger partial charge is 0.254 e. The largest absolute Gasteiger partial charge is 0.337 e. The minimum atomic E-state index is -0.0589. The summed E-state index contributed by atoms with van der Waals surface area (Å²) in [5.41, 5.74) is 1.70. The lowest BCUT2D eigenvalue weighted by atomic mass is 10.1. The van der Waals surface area contributed by atoms with Crippen LogP contribution in [0.3, 0.4) is 0 Å². The lowest BCUT2D eigenvalue weighted by Crippen LogP contribution is -2.41. The van der Waals surface area contributed by atoms with Crippen molar-refractivity contribution in [2.45, 2.75) is 32.9 Å². The van der Waals surface area contributed by atoms with Crippen LogP contribution in [0, 0.1) is 0 Å². The molecule has 0 atom stereocenters. The van der Waals surface area contributed by atoms with E-state index in [-0.39, 0.29) is 18.4 Å². The number of carbonyl (C=O) groups excluding carboxylic acids is 2. The van der Waals surface area contributed by atoms with E-state index >= 15 is 0 Å². The highest BCUT2D eigenvalue weighted by molar-refractivity contribution is 6.00. The zero-order valence-electron chi connectivity index (χ0n) is 14.8. The zero-order valence-corrected chi connectivity index (χ0v) is 14.8. The fourth-order valence-electron chi connectivity index (χ4n) is 3.07. The molecule has 0 unspecified atom stereocenters. The van der Waals surface area contributed by atoms with Gasteiger partial charge < -0.3 is 14.4 Å². The maximum atomic E-state index is 12.8. The van der Waals surface area contributed by atoms with Crippen molar-refractivity contribution < 1.29 is 9.59 Å². The number of imidazole rings is 1. The number of rotatable bonds is 7. The van der Waals surface area contributed by atoms with Crippen molar-refractivity contribution in [1.82, 2.24) is 19.4 Å². The molecule has 25 heavy (non-hydrogen) atoms. The molecule has 1 aromatic heterocycles. The molecule has 0 saturated carbocycles. The molecule has 1 aromatic carbocycles. The van der Waals surface area contributed by atoms with Gasteiger partial charge in [0.1, 0.15) is 12.4 Å². The first-order valence-corrected chi connectivity index (χ1v) is 8.71. The van der Waals surface area contributed by atoms with Crippen molar-refractivity contribution in [3.8, 4) is 0 Å². The second kappa shape index (κ2) is 7.51. The predicted octanol–water partition coefficient (Wildman–Crippen LogP) is 2.20. The van der Waals surface area contributed by atoms with E-state index in [1.165, 1.54) is 0 Å². The van der Waals surface area contributed by atoms with Gasteiger partial charge in [0.25, 0.3) is 5.91 Å². The highest BCUT2D eigenvalue weighted by Gasteiger charge is 2.29. The Hall–Kier alpha value is -2.63. The van der Waals surface area contributed by atoms with Gasteiger partial charge in [0, 0.05) is 38.1 Å². The molecule has 6 heteroatoms. The van der Waals surface area contributed by atoms with Crippen LogP contribution in [0.15, 0.2) is 36.7 Å². The van der Waals surface area contributed by atoms with Gasteiger partial charge in [-0.3, -0.25) is 9.59 Å². The Morgan fingerprint density at radius 3 is 2.80 bits per heavy atom. The standard InChI is InChI=1S/C19H24N4O2/c1-3-4-10-22(13-17-20-9-11-21(17)2)18(24)14-23-12-15-7-5-6-8-16(15)19(23)25/h5-9,11H,3-4,10,12-14H2,1-2H3. The maximum absolute atomic E-state index is 12.8. The summed E-state index contributed by atoms with van der Waals surface area (Å²) in [7, 11) is 1.92. The van der Waals surface area contributed by atoms with E-state index in [0.29, 0.717) is 25.2 Å². The summed E-state index contributed by atoms with van der Waals surface area (Å²) < 4.78 is 1.92. The van der Waals surface area contributed by atoms with E-state index in [1.807, 2.05) is 47.0 Å². The molecular formula is C19H24N4O2. The van der Waals surface area contributed by atoms with Crippen molar-refractivity contribution in [3.05, 3.63) is 53.6 Å². The summed E-state index contributed by atoms with van der Waals surface area (Å²) >= 11 is 0.